The molecule has 3 aromatic rings. The SMILES string of the molecule is COc1cccc(C(=O)N2CCN(C3=Nc4ccc(C(F)(F)F)cc4Oc4ccccc43)CC2)c1. The molecule has 2 aliphatic heterocycles. The van der Waals surface area contributed by atoms with E-state index in [1.165, 1.54) is 6.07 Å². The van der Waals surface area contributed by atoms with Gasteiger partial charge in [-0.1, -0.05) is 18.2 Å². The summed E-state index contributed by atoms with van der Waals surface area (Å²) in [5, 5.41) is 0. The summed E-state index contributed by atoms with van der Waals surface area (Å²) in [6, 6.07) is 17.5. The summed E-state index contributed by atoms with van der Waals surface area (Å²) in [6.45, 7) is 1.97. The smallest absolute Gasteiger partial charge is 0.416 e. The molecule has 0 bridgehead atoms. The van der Waals surface area contributed by atoms with Crippen molar-refractivity contribution < 1.29 is 27.4 Å². The number of methoxy groups -OCH3 is 1. The van der Waals surface area contributed by atoms with Crippen molar-refractivity contribution in [2.75, 3.05) is 33.3 Å². The number of amides is 1. The molecule has 180 valence electrons. The van der Waals surface area contributed by atoms with Gasteiger partial charge in [-0.25, -0.2) is 4.99 Å². The van der Waals surface area contributed by atoms with Crippen LogP contribution in [-0.2, 0) is 6.18 Å². The second kappa shape index (κ2) is 8.98. The maximum atomic E-state index is 13.3. The molecular weight excluding hydrogens is 459 g/mol. The Kier molecular flexibility index (Phi) is 5.84. The van der Waals surface area contributed by atoms with Crippen molar-refractivity contribution >= 4 is 17.4 Å². The second-order valence-electron chi connectivity index (χ2n) is 8.23. The quantitative estimate of drug-likeness (QED) is 0.495. The Labute approximate surface area is 200 Å². The van der Waals surface area contributed by atoms with Crippen molar-refractivity contribution in [2.45, 2.75) is 6.18 Å². The Morgan fingerprint density at radius 2 is 1.71 bits per heavy atom. The van der Waals surface area contributed by atoms with Crippen LogP contribution in [0.1, 0.15) is 21.5 Å². The average molecular weight is 481 g/mol. The third kappa shape index (κ3) is 4.53. The number of amidine groups is 1. The zero-order chi connectivity index (χ0) is 24.6. The highest BCUT2D eigenvalue weighted by Gasteiger charge is 2.33. The molecule has 0 atom stereocenters. The van der Waals surface area contributed by atoms with Gasteiger partial charge in [-0.15, -0.1) is 0 Å². The monoisotopic (exact) mass is 481 g/mol. The second-order valence-corrected chi connectivity index (χ2v) is 8.23. The van der Waals surface area contributed by atoms with E-state index in [9.17, 15) is 18.0 Å². The van der Waals surface area contributed by atoms with E-state index in [0.717, 1.165) is 12.1 Å². The van der Waals surface area contributed by atoms with Gasteiger partial charge in [0.1, 0.15) is 23.0 Å². The molecule has 0 saturated carbocycles. The molecule has 1 fully saturated rings. The van der Waals surface area contributed by atoms with Crippen LogP contribution in [0.25, 0.3) is 0 Å². The molecule has 0 spiro atoms. The highest BCUT2D eigenvalue weighted by atomic mass is 19.4. The minimum absolute atomic E-state index is 0.0501. The molecule has 1 amide bonds. The van der Waals surface area contributed by atoms with Gasteiger partial charge in [-0.2, -0.15) is 13.2 Å². The van der Waals surface area contributed by atoms with Gasteiger partial charge in [0.15, 0.2) is 5.75 Å². The average Bonchev–Trinajstić information content (AvgIpc) is 3.04. The molecule has 2 aliphatic rings. The molecule has 2 heterocycles. The highest BCUT2D eigenvalue weighted by Crippen LogP contribution is 2.41. The first-order valence-electron chi connectivity index (χ1n) is 11.1. The predicted molar refractivity (Wildman–Crippen MR) is 125 cm³/mol. The maximum absolute atomic E-state index is 13.3. The number of carbonyl (C=O) groups is 1. The Bertz CT molecular complexity index is 1300. The molecule has 9 heteroatoms. The summed E-state index contributed by atoms with van der Waals surface area (Å²) in [4.78, 5) is 21.5. The number of hydrogen-bond donors (Lipinski definition) is 0. The fraction of sp³-hybridized carbons (Fsp3) is 0.231. The number of benzene rings is 3. The van der Waals surface area contributed by atoms with Crippen LogP contribution in [0, 0.1) is 0 Å². The van der Waals surface area contributed by atoms with Crippen LogP contribution in [0.15, 0.2) is 71.7 Å². The number of halogens is 3. The first-order valence-corrected chi connectivity index (χ1v) is 11.1. The standard InChI is InChI=1S/C26H22F3N3O3/c1-34-19-6-4-5-17(15-19)25(33)32-13-11-31(12-14-32)24-20-7-2-3-8-22(20)35-23-16-18(26(27,28)29)9-10-21(23)30-24/h2-10,15-16H,11-14H2,1H3. The minimum Gasteiger partial charge on any atom is -0.497 e. The largest absolute Gasteiger partial charge is 0.497 e. The van der Waals surface area contributed by atoms with Gasteiger partial charge in [0, 0.05) is 31.7 Å². The van der Waals surface area contributed by atoms with Crippen LogP contribution in [-0.4, -0.2) is 54.8 Å². The molecule has 0 unspecified atom stereocenters. The normalized spacial score (nSPS) is 15.4. The summed E-state index contributed by atoms with van der Waals surface area (Å²) >= 11 is 0. The molecule has 0 N–H and O–H groups in total. The first-order chi connectivity index (χ1) is 16.8. The minimum atomic E-state index is -4.48. The Hall–Kier alpha value is -4.01. The van der Waals surface area contributed by atoms with E-state index in [-0.39, 0.29) is 11.7 Å². The molecule has 35 heavy (non-hydrogen) atoms. The molecule has 0 aliphatic carbocycles. The number of hydrogen-bond acceptors (Lipinski definition) is 5. The van der Waals surface area contributed by atoms with Gasteiger partial charge in [0.2, 0.25) is 0 Å². The zero-order valence-electron chi connectivity index (χ0n) is 18.9. The fourth-order valence-electron chi connectivity index (χ4n) is 4.20. The van der Waals surface area contributed by atoms with Crippen LogP contribution >= 0.6 is 0 Å². The van der Waals surface area contributed by atoms with Gasteiger partial charge in [0.05, 0.1) is 18.2 Å². The molecule has 5 rings (SSSR count). The zero-order valence-corrected chi connectivity index (χ0v) is 18.9. The predicted octanol–water partition coefficient (Wildman–Crippen LogP) is 5.36. The first kappa shape index (κ1) is 22.8. The van der Waals surface area contributed by atoms with Crippen molar-refractivity contribution in [3.63, 3.8) is 0 Å². The Balaban J connectivity index is 1.41. The van der Waals surface area contributed by atoms with E-state index in [1.54, 1.807) is 48.4 Å². The van der Waals surface area contributed by atoms with Gasteiger partial charge in [-0.05, 0) is 48.5 Å². The molecule has 0 radical (unpaired) electrons. The highest BCUT2D eigenvalue weighted by molar-refractivity contribution is 6.04. The number of piperazine rings is 1. The molecular formula is C26H22F3N3O3. The van der Waals surface area contributed by atoms with Crippen LogP contribution in [0.4, 0.5) is 18.9 Å². The van der Waals surface area contributed by atoms with Gasteiger partial charge >= 0.3 is 6.18 Å². The number of para-hydroxylation sites is 1. The Morgan fingerprint density at radius 1 is 0.943 bits per heavy atom. The van der Waals surface area contributed by atoms with Gasteiger partial charge in [0.25, 0.3) is 5.91 Å². The van der Waals surface area contributed by atoms with Crippen LogP contribution < -0.4 is 9.47 Å². The van der Waals surface area contributed by atoms with Gasteiger partial charge < -0.3 is 19.3 Å². The third-order valence-electron chi connectivity index (χ3n) is 6.04. The summed E-state index contributed by atoms with van der Waals surface area (Å²) in [6.07, 6.45) is -4.48. The lowest BCUT2D eigenvalue weighted by molar-refractivity contribution is -0.137. The van der Waals surface area contributed by atoms with Crippen molar-refractivity contribution in [1.82, 2.24) is 9.80 Å². The van der Waals surface area contributed by atoms with E-state index < -0.39 is 11.7 Å². The van der Waals surface area contributed by atoms with Crippen molar-refractivity contribution in [2.24, 2.45) is 4.99 Å². The lowest BCUT2D eigenvalue weighted by Crippen LogP contribution is -2.50. The maximum Gasteiger partial charge on any atom is 0.416 e. The third-order valence-corrected chi connectivity index (χ3v) is 6.04. The Morgan fingerprint density at radius 3 is 2.46 bits per heavy atom. The number of aliphatic imine (C=N–C) groups is 1. The number of rotatable bonds is 2. The van der Waals surface area contributed by atoms with Gasteiger partial charge in [-0.3, -0.25) is 4.79 Å². The summed E-state index contributed by atoms with van der Waals surface area (Å²) in [7, 11) is 1.56. The van der Waals surface area contributed by atoms with Crippen LogP contribution in [0.3, 0.4) is 0 Å². The molecule has 1 saturated heterocycles. The van der Waals surface area contributed by atoms with E-state index >= 15 is 0 Å². The molecule has 6 nitrogen and oxygen atoms in total. The van der Waals surface area contributed by atoms with E-state index in [1.807, 2.05) is 17.0 Å². The van der Waals surface area contributed by atoms with E-state index in [0.29, 0.717) is 60.3 Å². The van der Waals surface area contributed by atoms with E-state index in [4.69, 9.17) is 14.5 Å². The van der Waals surface area contributed by atoms with Crippen molar-refractivity contribution in [3.8, 4) is 17.2 Å². The number of fused-ring (bicyclic) bond motifs is 2. The van der Waals surface area contributed by atoms with Crippen LogP contribution in [0.5, 0.6) is 17.2 Å². The lowest BCUT2D eigenvalue weighted by atomic mass is 10.1. The van der Waals surface area contributed by atoms with Crippen molar-refractivity contribution in [1.29, 1.82) is 0 Å². The number of nitrogens with zero attached hydrogens (tertiary/aromatic N) is 3. The number of ether oxygens (including phenoxy) is 2. The molecule has 3 aromatic carbocycles. The van der Waals surface area contributed by atoms with Crippen LogP contribution in [0.2, 0.25) is 0 Å². The lowest BCUT2D eigenvalue weighted by Gasteiger charge is -2.36. The van der Waals surface area contributed by atoms with Crippen molar-refractivity contribution in [3.05, 3.63) is 83.4 Å². The topological polar surface area (TPSA) is 54.4 Å². The summed E-state index contributed by atoms with van der Waals surface area (Å²) in [5.74, 6) is 1.62. The fourth-order valence-corrected chi connectivity index (χ4v) is 4.20. The molecule has 0 aromatic heterocycles. The number of carbonyl (C=O) groups excluding carboxylic acids is 1. The summed E-state index contributed by atoms with van der Waals surface area (Å²) < 4.78 is 50.9. The summed E-state index contributed by atoms with van der Waals surface area (Å²) in [5.41, 5.74) is 0.763. The number of alkyl halides is 3. The van der Waals surface area contributed by atoms with E-state index in [2.05, 4.69) is 0 Å².